The van der Waals surface area contributed by atoms with E-state index in [1.165, 1.54) is 4.88 Å². The molecule has 21 heavy (non-hydrogen) atoms. The van der Waals surface area contributed by atoms with E-state index in [9.17, 15) is 4.79 Å². The van der Waals surface area contributed by atoms with Crippen molar-refractivity contribution in [3.8, 4) is 0 Å². The van der Waals surface area contributed by atoms with Crippen LogP contribution in [0, 0.1) is 13.8 Å². The largest absolute Gasteiger partial charge is 0.349 e. The number of thiazole rings is 2. The van der Waals surface area contributed by atoms with Gasteiger partial charge in [0, 0.05) is 16.7 Å². The molecule has 0 aliphatic carbocycles. The molecule has 0 unspecified atom stereocenters. The Labute approximate surface area is 132 Å². The predicted octanol–water partition coefficient (Wildman–Crippen LogP) is 1.97. The molecule has 7 heteroatoms. The van der Waals surface area contributed by atoms with Crippen LogP contribution < -0.4 is 11.1 Å². The average molecular weight is 324 g/mol. The molecule has 5 nitrogen and oxygen atoms in total. The van der Waals surface area contributed by atoms with Gasteiger partial charge in [-0.05, 0) is 26.8 Å². The van der Waals surface area contributed by atoms with Gasteiger partial charge in [0.25, 0.3) is 0 Å². The zero-order valence-corrected chi connectivity index (χ0v) is 13.9. The second kappa shape index (κ2) is 7.63. The lowest BCUT2D eigenvalue weighted by molar-refractivity contribution is -0.120. The van der Waals surface area contributed by atoms with E-state index >= 15 is 0 Å². The van der Waals surface area contributed by atoms with Gasteiger partial charge < -0.3 is 11.1 Å². The van der Waals surface area contributed by atoms with Gasteiger partial charge in [-0.25, -0.2) is 9.97 Å². The van der Waals surface area contributed by atoms with E-state index in [1.807, 2.05) is 19.2 Å². The monoisotopic (exact) mass is 324 g/mol. The van der Waals surface area contributed by atoms with Crippen LogP contribution in [0.15, 0.2) is 5.38 Å². The Hall–Kier alpha value is -1.31. The maximum atomic E-state index is 11.9. The third-order valence-corrected chi connectivity index (χ3v) is 5.08. The Morgan fingerprint density at radius 1 is 1.33 bits per heavy atom. The van der Waals surface area contributed by atoms with Gasteiger partial charge in [-0.1, -0.05) is 0 Å². The molecule has 2 aromatic rings. The second-order valence-electron chi connectivity index (χ2n) is 4.83. The van der Waals surface area contributed by atoms with E-state index in [0.717, 1.165) is 34.2 Å². The molecule has 0 spiro atoms. The Morgan fingerprint density at radius 3 is 2.81 bits per heavy atom. The van der Waals surface area contributed by atoms with Crippen LogP contribution in [0.5, 0.6) is 0 Å². The molecule has 0 saturated heterocycles. The number of hydrogen-bond acceptors (Lipinski definition) is 6. The van der Waals surface area contributed by atoms with Crippen LogP contribution in [-0.2, 0) is 24.2 Å². The SMILES string of the molecule is Cc1nc(CNC(=O)Cc2csc(CCCN)n2)sc1C. The molecule has 0 atom stereocenters. The van der Waals surface area contributed by atoms with Gasteiger partial charge in [0.2, 0.25) is 5.91 Å². The maximum Gasteiger partial charge on any atom is 0.226 e. The first-order valence-electron chi connectivity index (χ1n) is 6.91. The lowest BCUT2D eigenvalue weighted by Gasteiger charge is -2.01. The van der Waals surface area contributed by atoms with Crippen molar-refractivity contribution in [2.75, 3.05) is 6.54 Å². The topological polar surface area (TPSA) is 80.9 Å². The van der Waals surface area contributed by atoms with Crippen LogP contribution in [0.3, 0.4) is 0 Å². The fraction of sp³-hybridized carbons (Fsp3) is 0.500. The molecule has 0 radical (unpaired) electrons. The zero-order valence-electron chi connectivity index (χ0n) is 12.3. The van der Waals surface area contributed by atoms with Crippen molar-refractivity contribution < 1.29 is 4.79 Å². The number of carbonyl (C=O) groups is 1. The van der Waals surface area contributed by atoms with Crippen LogP contribution in [0.2, 0.25) is 0 Å². The third-order valence-electron chi connectivity index (χ3n) is 3.05. The summed E-state index contributed by atoms with van der Waals surface area (Å²) in [5.74, 6) is -0.0174. The van der Waals surface area contributed by atoms with Crippen molar-refractivity contribution >= 4 is 28.6 Å². The zero-order chi connectivity index (χ0) is 15.2. The molecule has 0 bridgehead atoms. The average Bonchev–Trinajstić information content (AvgIpc) is 3.02. The molecule has 2 heterocycles. The minimum Gasteiger partial charge on any atom is -0.349 e. The van der Waals surface area contributed by atoms with Crippen LogP contribution in [0.25, 0.3) is 0 Å². The van der Waals surface area contributed by atoms with Crippen LogP contribution in [-0.4, -0.2) is 22.4 Å². The number of nitrogens with one attached hydrogen (secondary N) is 1. The van der Waals surface area contributed by atoms with Crippen LogP contribution >= 0.6 is 22.7 Å². The summed E-state index contributed by atoms with van der Waals surface area (Å²) in [7, 11) is 0. The molecule has 0 saturated carbocycles. The number of carbonyl (C=O) groups excluding carboxylic acids is 1. The van der Waals surface area contributed by atoms with Crippen molar-refractivity contribution in [1.82, 2.24) is 15.3 Å². The molecule has 1 amide bonds. The molecule has 3 N–H and O–H groups in total. The molecular formula is C14H20N4OS2. The normalized spacial score (nSPS) is 10.8. The first-order chi connectivity index (χ1) is 10.1. The van der Waals surface area contributed by atoms with Crippen molar-refractivity contribution in [2.24, 2.45) is 5.73 Å². The molecule has 0 aliphatic rings. The van der Waals surface area contributed by atoms with E-state index in [4.69, 9.17) is 5.73 Å². The number of aryl methyl sites for hydroxylation is 3. The third kappa shape index (κ3) is 4.87. The summed E-state index contributed by atoms with van der Waals surface area (Å²) in [5.41, 5.74) is 7.34. The summed E-state index contributed by atoms with van der Waals surface area (Å²) in [6.45, 7) is 5.18. The number of nitrogens with zero attached hydrogens (tertiary/aromatic N) is 2. The minimum atomic E-state index is -0.0174. The Kier molecular flexibility index (Phi) is 5.84. The second-order valence-corrected chi connectivity index (χ2v) is 7.06. The fourth-order valence-corrected chi connectivity index (χ4v) is 3.53. The van der Waals surface area contributed by atoms with Gasteiger partial charge >= 0.3 is 0 Å². The highest BCUT2D eigenvalue weighted by Gasteiger charge is 2.09. The van der Waals surface area contributed by atoms with Gasteiger partial charge in [0.1, 0.15) is 5.01 Å². The predicted molar refractivity (Wildman–Crippen MR) is 86.6 cm³/mol. The smallest absolute Gasteiger partial charge is 0.226 e. The molecule has 0 fully saturated rings. The Morgan fingerprint density at radius 2 is 2.14 bits per heavy atom. The van der Waals surface area contributed by atoms with E-state index < -0.39 is 0 Å². The quantitative estimate of drug-likeness (QED) is 0.816. The molecule has 0 aliphatic heterocycles. The summed E-state index contributed by atoms with van der Waals surface area (Å²) < 4.78 is 0. The minimum absolute atomic E-state index is 0.0174. The molecule has 114 valence electrons. The van der Waals surface area contributed by atoms with E-state index in [1.54, 1.807) is 22.7 Å². The van der Waals surface area contributed by atoms with Crippen LogP contribution in [0.1, 0.15) is 32.7 Å². The fourth-order valence-electron chi connectivity index (χ4n) is 1.81. The van der Waals surface area contributed by atoms with E-state index in [2.05, 4.69) is 15.3 Å². The summed E-state index contributed by atoms with van der Waals surface area (Å²) in [6, 6.07) is 0. The highest BCUT2D eigenvalue weighted by Crippen LogP contribution is 2.16. The van der Waals surface area contributed by atoms with Crippen molar-refractivity contribution in [3.05, 3.63) is 31.7 Å². The number of hydrogen-bond donors (Lipinski definition) is 2. The summed E-state index contributed by atoms with van der Waals surface area (Å²) >= 11 is 3.22. The van der Waals surface area contributed by atoms with Crippen molar-refractivity contribution in [1.29, 1.82) is 0 Å². The molecular weight excluding hydrogens is 304 g/mol. The summed E-state index contributed by atoms with van der Waals surface area (Å²) in [5, 5.41) is 6.84. The van der Waals surface area contributed by atoms with Crippen molar-refractivity contribution in [3.63, 3.8) is 0 Å². The van der Waals surface area contributed by atoms with Gasteiger partial charge in [-0.15, -0.1) is 22.7 Å². The Bertz CT molecular complexity index is 586. The number of amides is 1. The molecule has 2 aromatic heterocycles. The van der Waals surface area contributed by atoms with Crippen LogP contribution in [0.4, 0.5) is 0 Å². The van der Waals surface area contributed by atoms with Crippen molar-refractivity contribution in [2.45, 2.75) is 39.7 Å². The van der Waals surface area contributed by atoms with E-state index in [0.29, 0.717) is 19.5 Å². The number of nitrogens with two attached hydrogens (primary N) is 1. The standard InChI is InChI=1S/C14H20N4OS2/c1-9-10(2)21-14(17-9)7-16-12(19)6-11-8-20-13(18-11)4-3-5-15/h8H,3-7,15H2,1-2H3,(H,16,19). The van der Waals surface area contributed by atoms with Gasteiger partial charge in [-0.2, -0.15) is 0 Å². The molecule has 0 aromatic carbocycles. The Balaban J connectivity index is 1.80. The van der Waals surface area contributed by atoms with Gasteiger partial charge in [0.15, 0.2) is 0 Å². The maximum absolute atomic E-state index is 11.9. The first kappa shape index (κ1) is 16.1. The van der Waals surface area contributed by atoms with Gasteiger partial charge in [0.05, 0.1) is 29.4 Å². The highest BCUT2D eigenvalue weighted by molar-refractivity contribution is 7.11. The summed E-state index contributed by atoms with van der Waals surface area (Å²) in [6.07, 6.45) is 2.14. The summed E-state index contributed by atoms with van der Waals surface area (Å²) in [4.78, 5) is 22.0. The lowest BCUT2D eigenvalue weighted by atomic mass is 10.3. The number of rotatable bonds is 7. The highest BCUT2D eigenvalue weighted by atomic mass is 32.1. The number of aromatic nitrogens is 2. The first-order valence-corrected chi connectivity index (χ1v) is 8.61. The van der Waals surface area contributed by atoms with E-state index in [-0.39, 0.29) is 5.91 Å². The molecule has 2 rings (SSSR count). The lowest BCUT2D eigenvalue weighted by Crippen LogP contribution is -2.24. The van der Waals surface area contributed by atoms with Gasteiger partial charge in [-0.3, -0.25) is 4.79 Å².